The highest BCUT2D eigenvalue weighted by molar-refractivity contribution is 5.89. The number of carbonyl (C=O) groups is 1. The maximum absolute atomic E-state index is 12.6. The molecule has 5 nitrogen and oxygen atoms in total. The predicted molar refractivity (Wildman–Crippen MR) is 102 cm³/mol. The highest BCUT2D eigenvalue weighted by Crippen LogP contribution is 2.36. The van der Waals surface area contributed by atoms with E-state index in [2.05, 4.69) is 34.8 Å². The molecule has 0 aliphatic heterocycles. The zero-order valence-electron chi connectivity index (χ0n) is 15.4. The third kappa shape index (κ3) is 8.08. The van der Waals surface area contributed by atoms with Crippen molar-refractivity contribution in [2.75, 3.05) is 13.2 Å². The van der Waals surface area contributed by atoms with Crippen LogP contribution in [0.3, 0.4) is 0 Å². The van der Waals surface area contributed by atoms with Gasteiger partial charge in [0.05, 0.1) is 13.2 Å². The molecule has 138 valence electrons. The topological polar surface area (TPSA) is 75.1 Å². The summed E-state index contributed by atoms with van der Waals surface area (Å²) in [5.41, 5.74) is 9.12. The van der Waals surface area contributed by atoms with E-state index in [1.54, 1.807) is 0 Å². The Morgan fingerprint density at radius 1 is 1.32 bits per heavy atom. The van der Waals surface area contributed by atoms with E-state index in [-0.39, 0.29) is 25.0 Å². The number of hydrogen-bond donors (Lipinski definition) is 0. The molecule has 0 spiro atoms. The van der Waals surface area contributed by atoms with Crippen LogP contribution in [-0.4, -0.2) is 19.1 Å². The lowest BCUT2D eigenvalue weighted by atomic mass is 9.74. The van der Waals surface area contributed by atoms with Crippen molar-refractivity contribution in [3.05, 3.63) is 46.9 Å². The number of unbranched alkanes of at least 4 members (excludes halogenated alkanes) is 3. The summed E-state index contributed by atoms with van der Waals surface area (Å²) in [6.07, 6.45) is 16.8. The van der Waals surface area contributed by atoms with Gasteiger partial charge in [0, 0.05) is 10.5 Å². The Bertz CT molecular complexity index is 519. The molecule has 0 radical (unpaired) electrons. The van der Waals surface area contributed by atoms with E-state index in [0.29, 0.717) is 5.92 Å². The molecule has 1 saturated carbocycles. The predicted octanol–water partition coefficient (Wildman–Crippen LogP) is 5.90. The van der Waals surface area contributed by atoms with Gasteiger partial charge in [-0.2, -0.15) is 0 Å². The first-order valence-corrected chi connectivity index (χ1v) is 9.36. The molecule has 0 aromatic heterocycles. The van der Waals surface area contributed by atoms with Crippen LogP contribution in [-0.2, 0) is 9.53 Å². The number of hydrogen-bond acceptors (Lipinski definition) is 3. The normalized spacial score (nSPS) is 20.9. The first kappa shape index (κ1) is 21.0. The SMILES string of the molecule is C=CCCCC/C=C(/C(=O)OCCN=[N+]=[N-])C1CCCCC1/C=C/C. The van der Waals surface area contributed by atoms with Gasteiger partial charge in [-0.1, -0.05) is 42.3 Å². The lowest BCUT2D eigenvalue weighted by molar-refractivity contribution is -0.139. The molecule has 0 aromatic carbocycles. The molecular formula is C20H31N3O2. The largest absolute Gasteiger partial charge is 0.462 e. The van der Waals surface area contributed by atoms with Gasteiger partial charge < -0.3 is 4.74 Å². The number of azide groups is 1. The molecule has 1 rings (SSSR count). The average Bonchev–Trinajstić information content (AvgIpc) is 2.63. The minimum Gasteiger partial charge on any atom is -0.462 e. The quantitative estimate of drug-likeness (QED) is 0.0889. The van der Waals surface area contributed by atoms with Crippen LogP contribution < -0.4 is 0 Å². The molecule has 0 N–H and O–H groups in total. The van der Waals surface area contributed by atoms with E-state index < -0.39 is 0 Å². The van der Waals surface area contributed by atoms with Crippen molar-refractivity contribution in [3.8, 4) is 0 Å². The van der Waals surface area contributed by atoms with Crippen LogP contribution in [0.4, 0.5) is 0 Å². The molecule has 0 amide bonds. The fourth-order valence-electron chi connectivity index (χ4n) is 3.41. The molecule has 0 saturated heterocycles. The lowest BCUT2D eigenvalue weighted by Gasteiger charge is -2.30. The van der Waals surface area contributed by atoms with E-state index in [4.69, 9.17) is 10.3 Å². The van der Waals surface area contributed by atoms with E-state index in [9.17, 15) is 4.79 Å². The molecule has 2 unspecified atom stereocenters. The Kier molecular flexibility index (Phi) is 11.2. The van der Waals surface area contributed by atoms with E-state index >= 15 is 0 Å². The number of rotatable bonds is 11. The second kappa shape index (κ2) is 13.3. The number of carbonyl (C=O) groups excluding carboxylic acids is 1. The van der Waals surface area contributed by atoms with Gasteiger partial charge in [0.25, 0.3) is 0 Å². The van der Waals surface area contributed by atoms with Gasteiger partial charge in [0.15, 0.2) is 0 Å². The van der Waals surface area contributed by atoms with Crippen LogP contribution in [0.2, 0.25) is 0 Å². The standard InChI is InChI=1S/C20H31N3O2/c1-3-5-6-7-8-14-19(20(24)25-16-15-22-23-21)18-13-10-9-12-17(18)11-4-2/h3-4,11,14,17-18H,1,5-10,12-13,15-16H2,2H3/b11-4+,19-14+. The van der Waals surface area contributed by atoms with Gasteiger partial charge in [-0.05, 0) is 62.8 Å². The number of nitrogens with zero attached hydrogens (tertiary/aromatic N) is 3. The van der Waals surface area contributed by atoms with Crippen LogP contribution >= 0.6 is 0 Å². The summed E-state index contributed by atoms with van der Waals surface area (Å²) in [5.74, 6) is 0.387. The fraction of sp³-hybridized carbons (Fsp3) is 0.650. The number of esters is 1. The van der Waals surface area contributed by atoms with Gasteiger partial charge >= 0.3 is 5.97 Å². The molecule has 0 bridgehead atoms. The van der Waals surface area contributed by atoms with Crippen molar-refractivity contribution in [2.45, 2.75) is 58.3 Å². The second-order valence-electron chi connectivity index (χ2n) is 6.40. The third-order valence-electron chi connectivity index (χ3n) is 4.61. The van der Waals surface area contributed by atoms with Crippen LogP contribution in [0.15, 0.2) is 41.6 Å². The number of allylic oxidation sites excluding steroid dienone is 4. The first-order chi connectivity index (χ1) is 12.2. The molecule has 1 aliphatic carbocycles. The molecule has 25 heavy (non-hydrogen) atoms. The van der Waals surface area contributed by atoms with Crippen LogP contribution in [0.25, 0.3) is 10.4 Å². The molecule has 2 atom stereocenters. The Balaban J connectivity index is 2.80. The van der Waals surface area contributed by atoms with E-state index in [0.717, 1.165) is 50.5 Å². The van der Waals surface area contributed by atoms with Crippen molar-refractivity contribution in [2.24, 2.45) is 17.0 Å². The Hall–Kier alpha value is -2.00. The summed E-state index contributed by atoms with van der Waals surface area (Å²) < 4.78 is 5.35. The van der Waals surface area contributed by atoms with Crippen molar-refractivity contribution < 1.29 is 9.53 Å². The molecule has 1 fully saturated rings. The zero-order valence-corrected chi connectivity index (χ0v) is 15.4. The van der Waals surface area contributed by atoms with Gasteiger partial charge in [-0.15, -0.1) is 6.58 Å². The van der Waals surface area contributed by atoms with Crippen molar-refractivity contribution in [1.29, 1.82) is 0 Å². The summed E-state index contributed by atoms with van der Waals surface area (Å²) in [6, 6.07) is 0. The molecule has 0 aromatic rings. The van der Waals surface area contributed by atoms with Gasteiger partial charge in [0.2, 0.25) is 0 Å². The highest BCUT2D eigenvalue weighted by Gasteiger charge is 2.30. The summed E-state index contributed by atoms with van der Waals surface area (Å²) in [5, 5.41) is 3.42. The van der Waals surface area contributed by atoms with Crippen molar-refractivity contribution in [3.63, 3.8) is 0 Å². The minimum atomic E-state index is -0.252. The highest BCUT2D eigenvalue weighted by atomic mass is 16.5. The first-order valence-electron chi connectivity index (χ1n) is 9.36. The average molecular weight is 345 g/mol. The minimum absolute atomic E-state index is 0.137. The van der Waals surface area contributed by atoms with Gasteiger partial charge in [-0.25, -0.2) is 4.79 Å². The number of ether oxygens (including phenoxy) is 1. The molecular weight excluding hydrogens is 314 g/mol. The van der Waals surface area contributed by atoms with Crippen LogP contribution in [0.1, 0.15) is 58.3 Å². The molecule has 0 heterocycles. The van der Waals surface area contributed by atoms with Gasteiger partial charge in [0.1, 0.15) is 0 Å². The Morgan fingerprint density at radius 3 is 2.80 bits per heavy atom. The fourth-order valence-corrected chi connectivity index (χ4v) is 3.41. The van der Waals surface area contributed by atoms with Crippen molar-refractivity contribution in [1.82, 2.24) is 0 Å². The lowest BCUT2D eigenvalue weighted by Crippen LogP contribution is -2.25. The Labute approximate surface area is 151 Å². The summed E-state index contributed by atoms with van der Waals surface area (Å²) in [7, 11) is 0. The smallest absolute Gasteiger partial charge is 0.333 e. The summed E-state index contributed by atoms with van der Waals surface area (Å²) in [6.45, 7) is 6.09. The Morgan fingerprint density at radius 2 is 2.08 bits per heavy atom. The van der Waals surface area contributed by atoms with E-state index in [1.165, 1.54) is 6.42 Å². The zero-order chi connectivity index (χ0) is 18.3. The maximum Gasteiger partial charge on any atom is 0.333 e. The van der Waals surface area contributed by atoms with E-state index in [1.807, 2.05) is 13.0 Å². The third-order valence-corrected chi connectivity index (χ3v) is 4.61. The monoisotopic (exact) mass is 345 g/mol. The summed E-state index contributed by atoms with van der Waals surface area (Å²) in [4.78, 5) is 15.3. The molecule has 1 aliphatic rings. The van der Waals surface area contributed by atoms with Crippen LogP contribution in [0, 0.1) is 11.8 Å². The van der Waals surface area contributed by atoms with Crippen LogP contribution in [0.5, 0.6) is 0 Å². The van der Waals surface area contributed by atoms with Crippen molar-refractivity contribution >= 4 is 5.97 Å². The van der Waals surface area contributed by atoms with Gasteiger partial charge in [-0.3, -0.25) is 0 Å². The molecule has 5 heteroatoms. The summed E-state index contributed by atoms with van der Waals surface area (Å²) >= 11 is 0. The second-order valence-corrected chi connectivity index (χ2v) is 6.40. The maximum atomic E-state index is 12.6.